The average Bonchev–Trinajstić information content (AvgIpc) is 2.97. The summed E-state index contributed by atoms with van der Waals surface area (Å²) in [6, 6.07) is 6.02. The van der Waals surface area contributed by atoms with Gasteiger partial charge in [0.1, 0.15) is 5.58 Å². The van der Waals surface area contributed by atoms with E-state index in [-0.39, 0.29) is 18.0 Å². The summed E-state index contributed by atoms with van der Waals surface area (Å²) in [4.78, 5) is 22.8. The number of non-ortho nitro benzene ring substituents is 1. The highest BCUT2D eigenvalue weighted by molar-refractivity contribution is 9.10. The minimum Gasteiger partial charge on any atom is -0.464 e. The van der Waals surface area contributed by atoms with Crippen molar-refractivity contribution in [1.29, 1.82) is 0 Å². The van der Waals surface area contributed by atoms with Crippen molar-refractivity contribution >= 4 is 55.8 Å². The molecule has 1 amide bonds. The Morgan fingerprint density at radius 1 is 1.35 bits per heavy atom. The number of nitro benzene ring substituents is 1. The van der Waals surface area contributed by atoms with Gasteiger partial charge in [-0.05, 0) is 53.0 Å². The van der Waals surface area contributed by atoms with Crippen LogP contribution in [-0.2, 0) is 11.2 Å². The zero-order valence-electron chi connectivity index (χ0n) is 13.9. The number of hydrogen-bond donors (Lipinski definition) is 1. The van der Waals surface area contributed by atoms with Gasteiger partial charge in [0, 0.05) is 32.6 Å². The lowest BCUT2D eigenvalue weighted by atomic mass is 10.0. The number of halogens is 2. The number of hydrogen-bond acceptors (Lipinski definition) is 4. The number of nitrogens with one attached hydrogen (secondary N) is 1. The summed E-state index contributed by atoms with van der Waals surface area (Å²) in [7, 11) is 0. The molecule has 0 spiro atoms. The first-order chi connectivity index (χ1) is 12.3. The number of rotatable bonds is 4. The van der Waals surface area contributed by atoms with Gasteiger partial charge >= 0.3 is 0 Å². The van der Waals surface area contributed by atoms with E-state index in [1.54, 1.807) is 0 Å². The van der Waals surface area contributed by atoms with E-state index in [1.165, 1.54) is 24.5 Å². The van der Waals surface area contributed by atoms with Crippen LogP contribution >= 0.6 is 27.5 Å². The molecule has 0 aliphatic carbocycles. The van der Waals surface area contributed by atoms with Crippen LogP contribution in [0.1, 0.15) is 16.7 Å². The second kappa shape index (κ2) is 7.09. The smallest absolute Gasteiger partial charge is 0.271 e. The Morgan fingerprint density at radius 3 is 2.77 bits per heavy atom. The van der Waals surface area contributed by atoms with Crippen LogP contribution in [0.5, 0.6) is 0 Å². The molecular weight excluding hydrogens is 424 g/mol. The fourth-order valence-corrected chi connectivity index (χ4v) is 3.32. The minimum absolute atomic E-state index is 0.0579. The molecule has 1 N–H and O–H groups in total. The molecule has 0 fully saturated rings. The van der Waals surface area contributed by atoms with Crippen molar-refractivity contribution in [1.82, 2.24) is 0 Å². The SMILES string of the molecule is Cc1cc2occ(CC(=O)Nc3cc([N+](=O)[O-])ccc3Br)c2c(C)c1Cl. The van der Waals surface area contributed by atoms with Crippen molar-refractivity contribution in [3.63, 3.8) is 0 Å². The third-order valence-corrected chi connectivity index (χ3v) is 5.35. The van der Waals surface area contributed by atoms with E-state index in [1.807, 2.05) is 19.9 Å². The molecule has 1 aromatic heterocycles. The number of nitro groups is 1. The van der Waals surface area contributed by atoms with E-state index in [2.05, 4.69) is 21.2 Å². The third kappa shape index (κ3) is 3.45. The quantitative estimate of drug-likeness (QED) is 0.428. The lowest BCUT2D eigenvalue weighted by Crippen LogP contribution is -2.14. The van der Waals surface area contributed by atoms with Gasteiger partial charge < -0.3 is 9.73 Å². The Labute approximate surface area is 162 Å². The standard InChI is InChI=1S/C18H14BrClN2O4/c1-9-5-15-17(10(2)18(9)20)11(8-26-15)6-16(23)21-14-7-12(22(24)25)3-4-13(14)19/h3-5,7-8H,6H2,1-2H3,(H,21,23). The lowest BCUT2D eigenvalue weighted by molar-refractivity contribution is -0.384. The fourth-order valence-electron chi connectivity index (χ4n) is 2.83. The summed E-state index contributed by atoms with van der Waals surface area (Å²) in [5.74, 6) is -0.315. The first-order valence-electron chi connectivity index (χ1n) is 7.67. The summed E-state index contributed by atoms with van der Waals surface area (Å²) in [6.45, 7) is 3.77. The van der Waals surface area contributed by atoms with Gasteiger partial charge in [0.2, 0.25) is 5.91 Å². The fraction of sp³-hybridized carbons (Fsp3) is 0.167. The molecule has 0 atom stereocenters. The molecular formula is C18H14BrClN2O4. The van der Waals surface area contributed by atoms with Gasteiger partial charge in [-0.1, -0.05) is 11.6 Å². The van der Waals surface area contributed by atoms with E-state index in [9.17, 15) is 14.9 Å². The molecule has 0 aliphatic heterocycles. The van der Waals surface area contributed by atoms with Gasteiger partial charge in [0.25, 0.3) is 5.69 Å². The van der Waals surface area contributed by atoms with Crippen molar-refractivity contribution in [3.05, 3.63) is 66.8 Å². The van der Waals surface area contributed by atoms with Crippen LogP contribution in [0.25, 0.3) is 11.0 Å². The third-order valence-electron chi connectivity index (χ3n) is 4.08. The molecule has 134 valence electrons. The monoisotopic (exact) mass is 436 g/mol. The maximum atomic E-state index is 12.4. The summed E-state index contributed by atoms with van der Waals surface area (Å²) >= 11 is 9.59. The van der Waals surface area contributed by atoms with E-state index < -0.39 is 4.92 Å². The van der Waals surface area contributed by atoms with Crippen LogP contribution in [0.3, 0.4) is 0 Å². The van der Waals surface area contributed by atoms with Gasteiger partial charge in [-0.3, -0.25) is 14.9 Å². The van der Waals surface area contributed by atoms with Gasteiger partial charge in [-0.15, -0.1) is 0 Å². The number of furan rings is 1. The number of carbonyl (C=O) groups excluding carboxylic acids is 1. The predicted molar refractivity (Wildman–Crippen MR) is 104 cm³/mol. The highest BCUT2D eigenvalue weighted by Gasteiger charge is 2.17. The van der Waals surface area contributed by atoms with E-state index in [0.29, 0.717) is 26.3 Å². The molecule has 1 heterocycles. The van der Waals surface area contributed by atoms with Crippen LogP contribution in [0.15, 0.2) is 39.4 Å². The normalized spacial score (nSPS) is 10.9. The van der Waals surface area contributed by atoms with Gasteiger partial charge in [0.05, 0.1) is 23.3 Å². The molecule has 3 aromatic rings. The lowest BCUT2D eigenvalue weighted by Gasteiger charge is -2.08. The molecule has 0 saturated carbocycles. The van der Waals surface area contributed by atoms with Gasteiger partial charge in [-0.2, -0.15) is 0 Å². The molecule has 0 unspecified atom stereocenters. The van der Waals surface area contributed by atoms with Crippen molar-refractivity contribution in [2.75, 3.05) is 5.32 Å². The van der Waals surface area contributed by atoms with Crippen LogP contribution in [-0.4, -0.2) is 10.8 Å². The van der Waals surface area contributed by atoms with Crippen LogP contribution < -0.4 is 5.32 Å². The maximum absolute atomic E-state index is 12.4. The number of aryl methyl sites for hydroxylation is 2. The first kappa shape index (κ1) is 18.4. The first-order valence-corrected chi connectivity index (χ1v) is 8.84. The summed E-state index contributed by atoms with van der Waals surface area (Å²) < 4.78 is 6.11. The van der Waals surface area contributed by atoms with Crippen molar-refractivity contribution in [3.8, 4) is 0 Å². The number of benzene rings is 2. The molecule has 8 heteroatoms. The molecule has 0 bridgehead atoms. The Balaban J connectivity index is 1.88. The second-order valence-corrected chi connectivity index (χ2v) is 7.15. The van der Waals surface area contributed by atoms with Crippen LogP contribution in [0.2, 0.25) is 5.02 Å². The van der Waals surface area contributed by atoms with Crippen molar-refractivity contribution in [2.45, 2.75) is 20.3 Å². The number of nitrogens with zero attached hydrogens (tertiary/aromatic N) is 1. The summed E-state index contributed by atoms with van der Waals surface area (Å²) in [6.07, 6.45) is 1.60. The number of carbonyl (C=O) groups is 1. The molecule has 0 radical (unpaired) electrons. The predicted octanol–water partition coefficient (Wildman–Crippen LogP) is 5.55. The second-order valence-electron chi connectivity index (χ2n) is 5.91. The highest BCUT2D eigenvalue weighted by Crippen LogP contribution is 2.33. The zero-order chi connectivity index (χ0) is 19.0. The zero-order valence-corrected chi connectivity index (χ0v) is 16.3. The topological polar surface area (TPSA) is 85.4 Å². The largest absolute Gasteiger partial charge is 0.464 e. The molecule has 0 saturated heterocycles. The Hall–Kier alpha value is -2.38. The van der Waals surface area contributed by atoms with E-state index >= 15 is 0 Å². The molecule has 26 heavy (non-hydrogen) atoms. The van der Waals surface area contributed by atoms with Crippen LogP contribution in [0.4, 0.5) is 11.4 Å². The van der Waals surface area contributed by atoms with Crippen LogP contribution in [0, 0.1) is 24.0 Å². The van der Waals surface area contributed by atoms with Crippen molar-refractivity contribution < 1.29 is 14.1 Å². The Morgan fingerprint density at radius 2 is 2.08 bits per heavy atom. The Kier molecular flexibility index (Phi) is 5.02. The molecule has 3 rings (SSSR count). The average molecular weight is 438 g/mol. The molecule has 0 aliphatic rings. The van der Waals surface area contributed by atoms with Crippen molar-refractivity contribution in [2.24, 2.45) is 0 Å². The van der Waals surface area contributed by atoms with Gasteiger partial charge in [0.15, 0.2) is 0 Å². The van der Waals surface area contributed by atoms with Gasteiger partial charge in [-0.25, -0.2) is 0 Å². The maximum Gasteiger partial charge on any atom is 0.271 e. The summed E-state index contributed by atoms with van der Waals surface area (Å²) in [5.41, 5.74) is 3.37. The minimum atomic E-state index is -0.515. The highest BCUT2D eigenvalue weighted by atomic mass is 79.9. The molecule has 6 nitrogen and oxygen atoms in total. The number of anilines is 1. The Bertz CT molecular complexity index is 1050. The van der Waals surface area contributed by atoms with E-state index in [0.717, 1.165) is 16.5 Å². The number of fused-ring (bicyclic) bond motifs is 1. The van der Waals surface area contributed by atoms with E-state index in [4.69, 9.17) is 16.0 Å². The number of amides is 1. The molecule has 2 aromatic carbocycles. The summed E-state index contributed by atoms with van der Waals surface area (Å²) in [5, 5.41) is 15.0.